The van der Waals surface area contributed by atoms with Crippen molar-refractivity contribution in [3.8, 4) is 5.69 Å². The summed E-state index contributed by atoms with van der Waals surface area (Å²) >= 11 is 0. The number of nitrogens with zero attached hydrogens (tertiary/aromatic N) is 4. The summed E-state index contributed by atoms with van der Waals surface area (Å²) in [6, 6.07) is 6.69. The molecule has 9 heteroatoms. The predicted molar refractivity (Wildman–Crippen MR) is 115 cm³/mol. The van der Waals surface area contributed by atoms with E-state index < -0.39 is 5.97 Å². The lowest BCUT2D eigenvalue weighted by atomic mass is 10.1. The number of H-pyrrole nitrogens is 1. The SMILES string of the molecule is CCOC(=O)c1cnn(-c2ccc(C(=O)NC(C)c3nc(C(C)CC)n[nH]3)cc2)c1C. The van der Waals surface area contributed by atoms with Crippen LogP contribution in [-0.4, -0.2) is 43.4 Å². The van der Waals surface area contributed by atoms with Crippen molar-refractivity contribution in [3.05, 3.63) is 58.9 Å². The van der Waals surface area contributed by atoms with Crippen LogP contribution in [0.3, 0.4) is 0 Å². The molecule has 0 radical (unpaired) electrons. The lowest BCUT2D eigenvalue weighted by molar-refractivity contribution is 0.0525. The van der Waals surface area contributed by atoms with Gasteiger partial charge in [-0.25, -0.2) is 14.5 Å². The molecule has 0 aliphatic carbocycles. The molecule has 3 rings (SSSR count). The average Bonchev–Trinajstić information content (AvgIpc) is 3.41. The van der Waals surface area contributed by atoms with Crippen LogP contribution in [0.15, 0.2) is 30.5 Å². The lowest BCUT2D eigenvalue weighted by Crippen LogP contribution is -2.27. The lowest BCUT2D eigenvalue weighted by Gasteiger charge is -2.12. The Balaban J connectivity index is 1.69. The van der Waals surface area contributed by atoms with Gasteiger partial charge in [-0.3, -0.25) is 9.89 Å². The second-order valence-electron chi connectivity index (χ2n) is 7.41. The van der Waals surface area contributed by atoms with Gasteiger partial charge in [-0.1, -0.05) is 13.8 Å². The number of rotatable bonds is 8. The number of hydrogen-bond donors (Lipinski definition) is 2. The number of benzene rings is 1. The van der Waals surface area contributed by atoms with Crippen molar-refractivity contribution < 1.29 is 14.3 Å². The fourth-order valence-corrected chi connectivity index (χ4v) is 3.07. The number of ether oxygens (including phenoxy) is 1. The molecule has 2 N–H and O–H groups in total. The first kappa shape index (κ1) is 22.2. The van der Waals surface area contributed by atoms with Crippen LogP contribution >= 0.6 is 0 Å². The highest BCUT2D eigenvalue weighted by Gasteiger charge is 2.18. The number of carbonyl (C=O) groups excluding carboxylic acids is 2. The standard InChI is InChI=1S/C22H28N6O3/c1-6-13(3)19-25-20(27-26-19)14(4)24-21(29)16-8-10-17(11-9-16)28-15(5)18(12-23-28)22(30)31-7-2/h8-14H,6-7H2,1-5H3,(H,24,29)(H,25,26,27). The number of esters is 1. The molecule has 0 spiro atoms. The van der Waals surface area contributed by atoms with E-state index in [9.17, 15) is 9.59 Å². The van der Waals surface area contributed by atoms with Gasteiger partial charge in [0.05, 0.1) is 30.2 Å². The maximum Gasteiger partial charge on any atom is 0.341 e. The summed E-state index contributed by atoms with van der Waals surface area (Å²) in [6.45, 7) is 9.87. The summed E-state index contributed by atoms with van der Waals surface area (Å²) in [5.41, 5.74) is 2.34. The molecule has 0 fully saturated rings. The molecule has 0 saturated heterocycles. The largest absolute Gasteiger partial charge is 0.462 e. The Hall–Kier alpha value is -3.49. The van der Waals surface area contributed by atoms with Crippen molar-refractivity contribution in [2.75, 3.05) is 6.61 Å². The van der Waals surface area contributed by atoms with E-state index in [0.29, 0.717) is 29.3 Å². The van der Waals surface area contributed by atoms with E-state index in [1.54, 1.807) is 42.8 Å². The van der Waals surface area contributed by atoms with Crippen LogP contribution in [0.2, 0.25) is 0 Å². The number of hydrogen-bond acceptors (Lipinski definition) is 6. The van der Waals surface area contributed by atoms with Gasteiger partial charge in [-0.05, 0) is 51.5 Å². The molecule has 164 valence electrons. The van der Waals surface area contributed by atoms with Gasteiger partial charge < -0.3 is 10.1 Å². The van der Waals surface area contributed by atoms with E-state index in [2.05, 4.69) is 39.4 Å². The molecule has 2 heterocycles. The molecular formula is C22H28N6O3. The van der Waals surface area contributed by atoms with Crippen molar-refractivity contribution in [1.29, 1.82) is 0 Å². The van der Waals surface area contributed by atoms with Crippen LogP contribution in [-0.2, 0) is 4.74 Å². The molecule has 1 aromatic carbocycles. The van der Waals surface area contributed by atoms with E-state index in [-0.39, 0.29) is 17.9 Å². The molecule has 0 saturated carbocycles. The highest BCUT2D eigenvalue weighted by molar-refractivity contribution is 5.94. The second-order valence-corrected chi connectivity index (χ2v) is 7.41. The minimum Gasteiger partial charge on any atom is -0.462 e. The van der Waals surface area contributed by atoms with Crippen molar-refractivity contribution in [2.24, 2.45) is 0 Å². The van der Waals surface area contributed by atoms with E-state index in [1.807, 2.05) is 6.92 Å². The third kappa shape index (κ3) is 4.82. The summed E-state index contributed by atoms with van der Waals surface area (Å²) in [6.07, 6.45) is 2.43. The molecule has 2 aromatic heterocycles. The Bertz CT molecular complexity index is 1050. The average molecular weight is 425 g/mol. The number of aromatic amines is 1. The van der Waals surface area contributed by atoms with Gasteiger partial charge in [0.25, 0.3) is 5.91 Å². The number of carbonyl (C=O) groups is 2. The van der Waals surface area contributed by atoms with Gasteiger partial charge in [0.1, 0.15) is 11.4 Å². The first-order valence-corrected chi connectivity index (χ1v) is 10.4. The van der Waals surface area contributed by atoms with Crippen LogP contribution in [0.1, 0.15) is 84.1 Å². The highest BCUT2D eigenvalue weighted by atomic mass is 16.5. The van der Waals surface area contributed by atoms with Crippen LogP contribution in [0.25, 0.3) is 5.69 Å². The number of nitrogens with one attached hydrogen (secondary N) is 2. The molecule has 0 aliphatic heterocycles. The monoisotopic (exact) mass is 424 g/mol. The van der Waals surface area contributed by atoms with Gasteiger partial charge in [0.2, 0.25) is 0 Å². The van der Waals surface area contributed by atoms with Crippen LogP contribution < -0.4 is 5.32 Å². The van der Waals surface area contributed by atoms with Gasteiger partial charge >= 0.3 is 5.97 Å². The maximum absolute atomic E-state index is 12.6. The molecule has 0 aliphatic rings. The molecule has 9 nitrogen and oxygen atoms in total. The van der Waals surface area contributed by atoms with Crippen LogP contribution in [0.5, 0.6) is 0 Å². The third-order valence-corrected chi connectivity index (χ3v) is 5.21. The summed E-state index contributed by atoms with van der Waals surface area (Å²) in [4.78, 5) is 29.1. The summed E-state index contributed by atoms with van der Waals surface area (Å²) < 4.78 is 6.69. The van der Waals surface area contributed by atoms with Gasteiger partial charge in [0.15, 0.2) is 5.82 Å². The van der Waals surface area contributed by atoms with Crippen molar-refractivity contribution in [1.82, 2.24) is 30.3 Å². The molecular weight excluding hydrogens is 396 g/mol. The van der Waals surface area contributed by atoms with Gasteiger partial charge in [-0.2, -0.15) is 10.2 Å². The first-order valence-electron chi connectivity index (χ1n) is 10.4. The quantitative estimate of drug-likeness (QED) is 0.535. The highest BCUT2D eigenvalue weighted by Crippen LogP contribution is 2.18. The molecule has 1 amide bonds. The van der Waals surface area contributed by atoms with E-state index in [4.69, 9.17) is 4.74 Å². The van der Waals surface area contributed by atoms with Crippen molar-refractivity contribution in [3.63, 3.8) is 0 Å². The van der Waals surface area contributed by atoms with Crippen LogP contribution in [0.4, 0.5) is 0 Å². The molecule has 3 aromatic rings. The van der Waals surface area contributed by atoms with Crippen molar-refractivity contribution >= 4 is 11.9 Å². The zero-order chi connectivity index (χ0) is 22.5. The normalized spacial score (nSPS) is 12.9. The fourth-order valence-electron chi connectivity index (χ4n) is 3.07. The molecule has 2 atom stereocenters. The Morgan fingerprint density at radius 3 is 2.55 bits per heavy atom. The van der Waals surface area contributed by atoms with E-state index in [0.717, 1.165) is 17.9 Å². The molecule has 31 heavy (non-hydrogen) atoms. The summed E-state index contributed by atoms with van der Waals surface area (Å²) in [5, 5.41) is 14.3. The second kappa shape index (κ2) is 9.55. The summed E-state index contributed by atoms with van der Waals surface area (Å²) in [5.74, 6) is 1.01. The Morgan fingerprint density at radius 1 is 1.19 bits per heavy atom. The van der Waals surface area contributed by atoms with E-state index >= 15 is 0 Å². The maximum atomic E-state index is 12.6. The predicted octanol–water partition coefficient (Wildman–Crippen LogP) is 3.48. The Labute approximate surface area is 181 Å². The van der Waals surface area contributed by atoms with E-state index in [1.165, 1.54) is 6.20 Å². The van der Waals surface area contributed by atoms with Crippen molar-refractivity contribution in [2.45, 2.75) is 53.0 Å². The molecule has 0 bridgehead atoms. The van der Waals surface area contributed by atoms with Crippen LogP contribution in [0, 0.1) is 6.92 Å². The number of amides is 1. The number of aromatic nitrogens is 5. The van der Waals surface area contributed by atoms with Gasteiger partial charge in [-0.15, -0.1) is 0 Å². The topological polar surface area (TPSA) is 115 Å². The zero-order valence-electron chi connectivity index (χ0n) is 18.5. The minimum absolute atomic E-state index is 0.218. The van der Waals surface area contributed by atoms with Gasteiger partial charge in [0, 0.05) is 11.5 Å². The Kier molecular flexibility index (Phi) is 6.84. The third-order valence-electron chi connectivity index (χ3n) is 5.21. The smallest absolute Gasteiger partial charge is 0.341 e. The first-order chi connectivity index (χ1) is 14.8. The fraction of sp³-hybridized carbons (Fsp3) is 0.409. The molecule has 2 unspecified atom stereocenters. The summed E-state index contributed by atoms with van der Waals surface area (Å²) in [7, 11) is 0. The zero-order valence-corrected chi connectivity index (χ0v) is 18.5. The minimum atomic E-state index is -0.403. The Morgan fingerprint density at radius 2 is 1.90 bits per heavy atom.